The Hall–Kier alpha value is -1.66. The smallest absolute Gasteiger partial charge is 0.333 e. The molecule has 0 aromatic heterocycles. The Morgan fingerprint density at radius 1 is 1.41 bits per heavy atom. The van der Waals surface area contributed by atoms with Gasteiger partial charge >= 0.3 is 5.97 Å². The van der Waals surface area contributed by atoms with Crippen LogP contribution in [0.4, 0.5) is 0 Å². The Bertz CT molecular complexity index is 545. The zero-order valence-electron chi connectivity index (χ0n) is 9.21. The van der Waals surface area contributed by atoms with E-state index < -0.39 is 16.1 Å². The molecule has 92 valence electrons. The van der Waals surface area contributed by atoms with Crippen LogP contribution in [0.2, 0.25) is 0 Å². The highest BCUT2D eigenvalue weighted by Crippen LogP contribution is 2.16. The first-order valence-corrected chi connectivity index (χ1v) is 6.14. The predicted octanol–water partition coefficient (Wildman–Crippen LogP) is 1.55. The second-order valence-electron chi connectivity index (χ2n) is 3.44. The summed E-state index contributed by atoms with van der Waals surface area (Å²) in [6.07, 6.45) is 0. The molecule has 1 rings (SSSR count). The van der Waals surface area contributed by atoms with Crippen LogP contribution in [0.1, 0.15) is 12.5 Å². The van der Waals surface area contributed by atoms with Crippen LogP contribution in [-0.4, -0.2) is 18.9 Å². The fraction of sp³-hybridized carbons (Fsp3) is 0.182. The quantitative estimate of drug-likeness (QED) is 0.502. The lowest BCUT2D eigenvalue weighted by molar-refractivity contribution is -0.140. The third-order valence-corrected chi connectivity index (χ3v) is 2.91. The third kappa shape index (κ3) is 3.69. The van der Waals surface area contributed by atoms with E-state index in [-0.39, 0.29) is 22.6 Å². The maximum Gasteiger partial charge on any atom is 0.333 e. The molecule has 0 aliphatic rings. The fourth-order valence-corrected chi connectivity index (χ4v) is 1.85. The normalized spacial score (nSPS) is 10.9. The summed E-state index contributed by atoms with van der Waals surface area (Å²) in [6, 6.07) is 5.74. The summed E-state index contributed by atoms with van der Waals surface area (Å²) in [6.45, 7) is 4.65. The van der Waals surface area contributed by atoms with Gasteiger partial charge in [0.05, 0.1) is 0 Å². The van der Waals surface area contributed by atoms with Gasteiger partial charge in [0, 0.05) is 11.1 Å². The fourth-order valence-electron chi connectivity index (χ4n) is 1.14. The molecule has 1 N–H and O–H groups in total. The number of hydrogen-bond acceptors (Lipinski definition) is 4. The van der Waals surface area contributed by atoms with Crippen molar-refractivity contribution in [1.82, 2.24) is 0 Å². The van der Waals surface area contributed by atoms with Crippen molar-refractivity contribution in [2.75, 3.05) is 0 Å². The monoisotopic (exact) mass is 256 g/mol. The number of carbonyl (C=O) groups excluding carboxylic acids is 1. The Balaban J connectivity index is 2.93. The van der Waals surface area contributed by atoms with Gasteiger partial charge in [-0.25, -0.2) is 4.79 Å². The molecule has 5 nitrogen and oxygen atoms in total. The first-order chi connectivity index (χ1) is 7.82. The molecule has 0 aliphatic heterocycles. The zero-order valence-corrected chi connectivity index (χ0v) is 10.0. The van der Waals surface area contributed by atoms with E-state index in [1.807, 2.05) is 0 Å². The van der Waals surface area contributed by atoms with Gasteiger partial charge in [-0.1, -0.05) is 24.8 Å². The summed E-state index contributed by atoms with van der Waals surface area (Å²) in [4.78, 5) is 10.9. The first-order valence-electron chi connectivity index (χ1n) is 4.70. The van der Waals surface area contributed by atoms with Crippen LogP contribution in [0.3, 0.4) is 0 Å². The van der Waals surface area contributed by atoms with Gasteiger partial charge in [0.15, 0.2) is 0 Å². The van der Waals surface area contributed by atoms with Crippen molar-refractivity contribution in [1.29, 1.82) is 0 Å². The van der Waals surface area contributed by atoms with Crippen molar-refractivity contribution < 1.29 is 22.5 Å². The van der Waals surface area contributed by atoms with Gasteiger partial charge in [-0.2, -0.15) is 8.42 Å². The molecular weight excluding hydrogens is 244 g/mol. The standard InChI is InChI=1S/C11H12O5S/c1-8(2)11(12)16-7-9-5-3-4-6-10(9)17(13,14)15/h3-6H,1,7H2,2H3,(H,13,14,15). The molecule has 17 heavy (non-hydrogen) atoms. The van der Waals surface area contributed by atoms with Crippen LogP contribution in [0.15, 0.2) is 41.3 Å². The molecule has 0 spiro atoms. The van der Waals surface area contributed by atoms with Crippen molar-refractivity contribution in [2.45, 2.75) is 18.4 Å². The van der Waals surface area contributed by atoms with Gasteiger partial charge in [-0.3, -0.25) is 4.55 Å². The SMILES string of the molecule is C=C(C)C(=O)OCc1ccccc1S(=O)(=O)O. The molecule has 0 atom stereocenters. The minimum absolute atomic E-state index is 0.213. The van der Waals surface area contributed by atoms with Crippen molar-refractivity contribution in [3.8, 4) is 0 Å². The van der Waals surface area contributed by atoms with E-state index >= 15 is 0 Å². The highest BCUT2D eigenvalue weighted by Gasteiger charge is 2.15. The van der Waals surface area contributed by atoms with E-state index in [0.717, 1.165) is 0 Å². The van der Waals surface area contributed by atoms with Gasteiger partial charge < -0.3 is 4.74 Å². The second kappa shape index (κ2) is 5.11. The molecule has 1 aromatic carbocycles. The lowest BCUT2D eigenvalue weighted by Gasteiger charge is -2.07. The van der Waals surface area contributed by atoms with Crippen molar-refractivity contribution >= 4 is 16.1 Å². The summed E-state index contributed by atoms with van der Waals surface area (Å²) in [5.41, 5.74) is 0.430. The molecule has 0 amide bonds. The zero-order chi connectivity index (χ0) is 13.1. The number of esters is 1. The van der Waals surface area contributed by atoms with Gasteiger partial charge in [0.2, 0.25) is 0 Å². The highest BCUT2D eigenvalue weighted by atomic mass is 32.2. The van der Waals surface area contributed by atoms with E-state index in [9.17, 15) is 13.2 Å². The third-order valence-electron chi connectivity index (χ3n) is 1.96. The maximum absolute atomic E-state index is 11.1. The average Bonchev–Trinajstić information content (AvgIpc) is 2.24. The number of hydrogen-bond donors (Lipinski definition) is 1. The molecule has 0 fully saturated rings. The lowest BCUT2D eigenvalue weighted by Crippen LogP contribution is -2.08. The van der Waals surface area contributed by atoms with Crippen molar-refractivity contribution in [3.05, 3.63) is 42.0 Å². The lowest BCUT2D eigenvalue weighted by atomic mass is 10.2. The molecule has 1 aromatic rings. The summed E-state index contributed by atoms with van der Waals surface area (Å²) < 4.78 is 35.8. The van der Waals surface area contributed by atoms with E-state index in [2.05, 4.69) is 6.58 Å². The van der Waals surface area contributed by atoms with Crippen LogP contribution in [0.5, 0.6) is 0 Å². The van der Waals surface area contributed by atoms with E-state index in [4.69, 9.17) is 9.29 Å². The minimum atomic E-state index is -4.32. The van der Waals surface area contributed by atoms with Gasteiger partial charge in [0.25, 0.3) is 10.1 Å². The van der Waals surface area contributed by atoms with E-state index in [1.54, 1.807) is 6.07 Å². The Labute approximate surface area is 99.5 Å². The highest BCUT2D eigenvalue weighted by molar-refractivity contribution is 7.85. The molecular formula is C11H12O5S. The van der Waals surface area contributed by atoms with Gasteiger partial charge in [-0.15, -0.1) is 0 Å². The largest absolute Gasteiger partial charge is 0.457 e. The van der Waals surface area contributed by atoms with Crippen LogP contribution in [0, 0.1) is 0 Å². The molecule has 0 unspecified atom stereocenters. The Morgan fingerprint density at radius 2 is 2.00 bits per heavy atom. The van der Waals surface area contributed by atoms with Crippen LogP contribution in [0.25, 0.3) is 0 Å². The Morgan fingerprint density at radius 3 is 2.53 bits per heavy atom. The van der Waals surface area contributed by atoms with Gasteiger partial charge in [-0.05, 0) is 13.0 Å². The average molecular weight is 256 g/mol. The molecule has 0 radical (unpaired) electrons. The van der Waals surface area contributed by atoms with E-state index in [0.29, 0.717) is 0 Å². The molecule has 0 bridgehead atoms. The Kier molecular flexibility index (Phi) is 4.03. The summed E-state index contributed by atoms with van der Waals surface area (Å²) in [5.74, 6) is -0.616. The van der Waals surface area contributed by atoms with Crippen LogP contribution >= 0.6 is 0 Å². The van der Waals surface area contributed by atoms with Crippen LogP contribution < -0.4 is 0 Å². The number of benzene rings is 1. The summed E-state index contributed by atoms with van der Waals surface area (Å²) in [7, 11) is -4.32. The molecule has 0 saturated heterocycles. The number of carbonyl (C=O) groups is 1. The molecule has 6 heteroatoms. The van der Waals surface area contributed by atoms with Crippen molar-refractivity contribution in [3.63, 3.8) is 0 Å². The van der Waals surface area contributed by atoms with Crippen molar-refractivity contribution in [2.24, 2.45) is 0 Å². The number of ether oxygens (including phenoxy) is 1. The maximum atomic E-state index is 11.1. The first kappa shape index (κ1) is 13.4. The second-order valence-corrected chi connectivity index (χ2v) is 4.83. The molecule has 0 saturated carbocycles. The summed E-state index contributed by atoms with van der Waals surface area (Å²) >= 11 is 0. The molecule has 0 aliphatic carbocycles. The van der Waals surface area contributed by atoms with E-state index in [1.165, 1.54) is 25.1 Å². The van der Waals surface area contributed by atoms with Gasteiger partial charge in [0.1, 0.15) is 11.5 Å². The number of rotatable bonds is 4. The van der Waals surface area contributed by atoms with Crippen LogP contribution in [-0.2, 0) is 26.3 Å². The topological polar surface area (TPSA) is 80.7 Å². The predicted molar refractivity (Wildman–Crippen MR) is 60.9 cm³/mol. The molecule has 0 heterocycles. The summed E-state index contributed by atoms with van der Waals surface area (Å²) in [5, 5.41) is 0. The minimum Gasteiger partial charge on any atom is -0.457 e.